The van der Waals surface area contributed by atoms with E-state index in [9.17, 15) is 9.59 Å². The summed E-state index contributed by atoms with van der Waals surface area (Å²) in [6.45, 7) is 14.3. The molecule has 1 unspecified atom stereocenters. The summed E-state index contributed by atoms with van der Waals surface area (Å²) in [6, 6.07) is 57.6. The van der Waals surface area contributed by atoms with Gasteiger partial charge in [0.15, 0.2) is 11.5 Å². The Bertz CT molecular complexity index is 5050. The average Bonchev–Trinajstić information content (AvgIpc) is 1.72. The summed E-state index contributed by atoms with van der Waals surface area (Å²) in [5, 5.41) is 9.12. The molecular formula is C95H94O8. The van der Waals surface area contributed by atoms with Crippen LogP contribution in [0.15, 0.2) is 164 Å². The van der Waals surface area contributed by atoms with Crippen LogP contribution in [0.2, 0.25) is 0 Å². The quantitative estimate of drug-likeness (QED) is 0.0140. The number of hydrogen-bond acceptors (Lipinski definition) is 8. The van der Waals surface area contributed by atoms with Gasteiger partial charge >= 0.3 is 11.9 Å². The number of aryl methyl sites for hydroxylation is 3. The van der Waals surface area contributed by atoms with Crippen LogP contribution in [-0.4, -0.2) is 39.4 Å². The number of unbranched alkanes of at least 4 members (excludes halogenated alkanes) is 13. The third-order valence-electron chi connectivity index (χ3n) is 20.3. The monoisotopic (exact) mass is 1360 g/mol. The Morgan fingerprint density at radius 2 is 0.971 bits per heavy atom. The third kappa shape index (κ3) is 18.1. The summed E-state index contributed by atoms with van der Waals surface area (Å²) in [5.41, 5.74) is 11.6. The molecule has 10 aromatic carbocycles. The molecule has 0 radical (unpaired) electrons. The fourth-order valence-electron chi connectivity index (χ4n) is 15.0. The van der Waals surface area contributed by atoms with Gasteiger partial charge in [-0.05, 0) is 252 Å². The van der Waals surface area contributed by atoms with Crippen molar-refractivity contribution in [2.24, 2.45) is 0 Å². The lowest BCUT2D eigenvalue weighted by Crippen LogP contribution is -2.23. The summed E-state index contributed by atoms with van der Waals surface area (Å²) < 4.78 is 36.1. The molecule has 1 aliphatic rings. The van der Waals surface area contributed by atoms with E-state index in [1.165, 1.54) is 104 Å². The molecule has 8 heteroatoms. The van der Waals surface area contributed by atoms with Crippen LogP contribution < -0.4 is 23.7 Å². The molecule has 0 fully saturated rings. The second-order valence-corrected chi connectivity index (χ2v) is 28.2. The number of benzene rings is 10. The first kappa shape index (κ1) is 73.4. The number of hydrogen-bond donors (Lipinski definition) is 0. The van der Waals surface area contributed by atoms with Gasteiger partial charge in [0, 0.05) is 35.2 Å². The highest BCUT2D eigenvalue weighted by atomic mass is 16.6. The topological polar surface area (TPSA) is 89.5 Å². The first-order valence-electron chi connectivity index (χ1n) is 36.9. The van der Waals surface area contributed by atoms with Crippen LogP contribution in [0.4, 0.5) is 0 Å². The molecule has 1 atom stereocenters. The Labute approximate surface area is 610 Å². The molecule has 0 aromatic heterocycles. The van der Waals surface area contributed by atoms with E-state index in [1.54, 1.807) is 25.3 Å². The van der Waals surface area contributed by atoms with Crippen molar-refractivity contribution in [3.8, 4) is 111 Å². The van der Waals surface area contributed by atoms with Gasteiger partial charge in [0.05, 0.1) is 38.6 Å². The summed E-state index contributed by atoms with van der Waals surface area (Å²) in [5.74, 6) is 22.7. The van der Waals surface area contributed by atoms with E-state index in [4.69, 9.17) is 34.8 Å². The number of fused-ring (bicyclic) bond motifs is 5. The van der Waals surface area contributed by atoms with E-state index in [1.807, 2.05) is 43.3 Å². The summed E-state index contributed by atoms with van der Waals surface area (Å²) in [6.07, 6.45) is 29.5. The Kier molecular flexibility index (Phi) is 25.1. The van der Waals surface area contributed by atoms with E-state index in [2.05, 4.69) is 197 Å². The standard InChI is InChI=1S/C95H94O8/c1-10-13-16-19-21-23-26-31-54-100-79-50-52-82-83(63-79)90(75-42-40-71-58-68(34-29-18-15-12-3)36-38-73(71)60-75)81-51-49-80(101-55-32-27-24-22-20-17-14-11-2)64-84(81)91(82)76-43-41-72-59-69(37-39-74(72)61-76)35-30-25-28-33-56-102-88-57-67(4)87(98-8)65-89(88)103-93(97)77-46-53-85-86(62-77)95(7,66-94(85,5)6)78-47-44-70(45-48-78)92(96)99-9/h1,36-53,57-65H,11-12,14-15,17-18,20,22,24-25,27-30,32-35,55-56,66H2,2-9H3. The van der Waals surface area contributed by atoms with E-state index in [0.717, 1.165) is 129 Å². The molecule has 103 heavy (non-hydrogen) atoms. The maximum Gasteiger partial charge on any atom is 0.343 e. The molecule has 0 heterocycles. The zero-order valence-corrected chi connectivity index (χ0v) is 61.3. The van der Waals surface area contributed by atoms with Crippen molar-refractivity contribution >= 4 is 55.0 Å². The van der Waals surface area contributed by atoms with Crippen molar-refractivity contribution in [3.63, 3.8) is 0 Å². The number of methoxy groups -OCH3 is 2. The Hall–Kier alpha value is -10.8. The number of carbonyl (C=O) groups is 2. The second-order valence-electron chi connectivity index (χ2n) is 28.2. The number of terminal acetylenes is 1. The maximum atomic E-state index is 14.2. The van der Waals surface area contributed by atoms with Crippen molar-refractivity contribution in [3.05, 3.63) is 208 Å². The largest absolute Gasteiger partial charge is 0.496 e. The third-order valence-corrected chi connectivity index (χ3v) is 20.3. The van der Waals surface area contributed by atoms with Crippen LogP contribution in [-0.2, 0) is 28.4 Å². The maximum absolute atomic E-state index is 14.2. The number of esters is 2. The molecule has 0 aliphatic heterocycles. The molecular weight excluding hydrogens is 1270 g/mol. The van der Waals surface area contributed by atoms with Gasteiger partial charge in [0.2, 0.25) is 0 Å². The highest BCUT2D eigenvalue weighted by Gasteiger charge is 2.46. The average molecular weight is 1360 g/mol. The minimum atomic E-state index is -0.486. The summed E-state index contributed by atoms with van der Waals surface area (Å²) in [7, 11) is 2.99. The molecule has 0 spiro atoms. The van der Waals surface area contributed by atoms with Gasteiger partial charge in [-0.25, -0.2) is 9.59 Å². The Morgan fingerprint density at radius 1 is 0.447 bits per heavy atom. The summed E-state index contributed by atoms with van der Waals surface area (Å²) in [4.78, 5) is 26.5. The zero-order chi connectivity index (χ0) is 72.1. The predicted octanol–water partition coefficient (Wildman–Crippen LogP) is 22.8. The smallest absolute Gasteiger partial charge is 0.343 e. The Morgan fingerprint density at radius 3 is 1.57 bits per heavy atom. The second kappa shape index (κ2) is 35.2. The van der Waals surface area contributed by atoms with Crippen LogP contribution in [0, 0.1) is 66.8 Å². The number of rotatable bonds is 31. The molecule has 0 saturated carbocycles. The SMILES string of the molecule is C#CC#CC#CC#CC#COc1ccc2c(-c3ccc4cc(CCCCCCOc5cc(C)c(OC)cc5OC(=O)c5ccc6c(c5)C(C)(c5ccc(C(=O)OC)cc5)CC6(C)C)ccc4c3)c3cc(OCCCCCCCCCC)ccc3c(-c3ccc4cc(CCCCCC)ccc4c3)c2c1. The van der Waals surface area contributed by atoms with Crippen molar-refractivity contribution in [2.45, 2.75) is 174 Å². The first-order valence-corrected chi connectivity index (χ1v) is 36.9. The molecule has 0 amide bonds. The minimum absolute atomic E-state index is 0.157. The van der Waals surface area contributed by atoms with Crippen molar-refractivity contribution in [1.82, 2.24) is 0 Å². The lowest BCUT2D eigenvalue weighted by Gasteiger charge is -2.28. The van der Waals surface area contributed by atoms with Gasteiger partial charge in [-0.1, -0.05) is 197 Å². The fourth-order valence-corrected chi connectivity index (χ4v) is 15.0. The van der Waals surface area contributed by atoms with E-state index in [-0.39, 0.29) is 11.4 Å². The summed E-state index contributed by atoms with van der Waals surface area (Å²) >= 11 is 0. The van der Waals surface area contributed by atoms with Gasteiger partial charge < -0.3 is 28.4 Å². The van der Waals surface area contributed by atoms with Crippen LogP contribution in [0.1, 0.15) is 198 Å². The predicted molar refractivity (Wildman–Crippen MR) is 423 cm³/mol. The van der Waals surface area contributed by atoms with Crippen LogP contribution in [0.3, 0.4) is 0 Å². The number of carbonyl (C=O) groups excluding carboxylic acids is 2. The van der Waals surface area contributed by atoms with E-state index in [0.29, 0.717) is 47.3 Å². The van der Waals surface area contributed by atoms with Crippen molar-refractivity contribution in [2.75, 3.05) is 27.4 Å². The first-order chi connectivity index (χ1) is 50.2. The van der Waals surface area contributed by atoms with Gasteiger partial charge in [0.1, 0.15) is 23.4 Å². The van der Waals surface area contributed by atoms with Crippen LogP contribution in [0.5, 0.6) is 28.7 Å². The van der Waals surface area contributed by atoms with Crippen molar-refractivity contribution in [1.29, 1.82) is 0 Å². The highest BCUT2D eigenvalue weighted by Crippen LogP contribution is 2.53. The van der Waals surface area contributed by atoms with E-state index < -0.39 is 11.4 Å². The normalized spacial score (nSPS) is 13.3. The molecule has 0 saturated heterocycles. The fraction of sp³-hybridized carbons (Fsp3) is 0.326. The van der Waals surface area contributed by atoms with Gasteiger partial charge in [-0.2, -0.15) is 0 Å². The van der Waals surface area contributed by atoms with Gasteiger partial charge in [0.25, 0.3) is 0 Å². The lowest BCUT2D eigenvalue weighted by molar-refractivity contribution is 0.0600. The molecule has 0 N–H and O–H groups in total. The minimum Gasteiger partial charge on any atom is -0.496 e. The molecule has 1 aliphatic carbocycles. The van der Waals surface area contributed by atoms with Crippen molar-refractivity contribution < 1.29 is 38.0 Å². The van der Waals surface area contributed by atoms with Gasteiger partial charge in [-0.15, -0.1) is 6.42 Å². The lowest BCUT2D eigenvalue weighted by atomic mass is 9.75. The van der Waals surface area contributed by atoms with E-state index >= 15 is 0 Å². The number of ether oxygens (including phenoxy) is 6. The van der Waals surface area contributed by atoms with Crippen LogP contribution >= 0.6 is 0 Å². The molecule has 0 bridgehead atoms. The molecule has 8 nitrogen and oxygen atoms in total. The van der Waals surface area contributed by atoms with Gasteiger partial charge in [-0.3, -0.25) is 0 Å². The molecule has 522 valence electrons. The zero-order valence-electron chi connectivity index (χ0n) is 61.3. The molecule has 10 aromatic rings. The Balaban J connectivity index is 0.811. The molecule has 11 rings (SSSR count). The highest BCUT2D eigenvalue weighted by molar-refractivity contribution is 6.22. The van der Waals surface area contributed by atoms with Crippen LogP contribution in [0.25, 0.3) is 65.3 Å².